The van der Waals surface area contributed by atoms with Gasteiger partial charge in [-0.3, -0.25) is 0 Å². The molecule has 0 atom stereocenters. The van der Waals surface area contributed by atoms with Gasteiger partial charge in [-0.1, -0.05) is 18.0 Å². The Morgan fingerprint density at radius 3 is 2.46 bits per heavy atom. The van der Waals surface area contributed by atoms with Crippen LogP contribution < -0.4 is 5.32 Å². The van der Waals surface area contributed by atoms with E-state index in [2.05, 4.69) is 15.5 Å². The van der Waals surface area contributed by atoms with Gasteiger partial charge in [0.15, 0.2) is 5.76 Å². The SMILES string of the molecule is O=S(=O)(c1ccc(NCc2nc(-c3ccco3)no2)cc1)N1CCCCCC1. The van der Waals surface area contributed by atoms with E-state index in [0.29, 0.717) is 42.0 Å². The summed E-state index contributed by atoms with van der Waals surface area (Å²) in [7, 11) is -3.44. The summed E-state index contributed by atoms with van der Waals surface area (Å²) in [4.78, 5) is 4.58. The van der Waals surface area contributed by atoms with E-state index in [-0.39, 0.29) is 0 Å². The molecule has 1 fully saturated rings. The molecular weight excluding hydrogens is 380 g/mol. The minimum absolute atomic E-state index is 0.317. The Kier molecular flexibility index (Phi) is 5.45. The van der Waals surface area contributed by atoms with E-state index in [1.165, 1.54) is 0 Å². The lowest BCUT2D eigenvalue weighted by Crippen LogP contribution is -2.31. The second-order valence-electron chi connectivity index (χ2n) is 6.69. The van der Waals surface area contributed by atoms with Crippen LogP contribution in [0.4, 0.5) is 5.69 Å². The van der Waals surface area contributed by atoms with Crippen LogP contribution in [0.5, 0.6) is 0 Å². The van der Waals surface area contributed by atoms with Crippen molar-refractivity contribution in [3.05, 3.63) is 48.6 Å². The Balaban J connectivity index is 1.39. The fourth-order valence-corrected chi connectivity index (χ4v) is 4.70. The number of rotatable bonds is 6. The van der Waals surface area contributed by atoms with Crippen LogP contribution in [0.3, 0.4) is 0 Å². The predicted molar refractivity (Wildman–Crippen MR) is 103 cm³/mol. The minimum Gasteiger partial charge on any atom is -0.461 e. The molecule has 1 aliphatic heterocycles. The van der Waals surface area contributed by atoms with E-state index >= 15 is 0 Å². The van der Waals surface area contributed by atoms with Crippen molar-refractivity contribution in [3.63, 3.8) is 0 Å². The summed E-state index contributed by atoms with van der Waals surface area (Å²) in [6, 6.07) is 10.3. The molecule has 2 aromatic heterocycles. The van der Waals surface area contributed by atoms with Crippen LogP contribution in [0.25, 0.3) is 11.6 Å². The van der Waals surface area contributed by atoms with Crippen molar-refractivity contribution in [1.82, 2.24) is 14.4 Å². The molecule has 0 amide bonds. The Bertz CT molecular complexity index is 989. The van der Waals surface area contributed by atoms with Crippen molar-refractivity contribution >= 4 is 15.7 Å². The zero-order valence-corrected chi connectivity index (χ0v) is 16.2. The van der Waals surface area contributed by atoms with E-state index in [4.69, 9.17) is 8.94 Å². The number of furan rings is 1. The molecule has 0 spiro atoms. The molecule has 3 aromatic rings. The van der Waals surface area contributed by atoms with Gasteiger partial charge in [0.25, 0.3) is 0 Å². The largest absolute Gasteiger partial charge is 0.461 e. The molecule has 0 bridgehead atoms. The van der Waals surface area contributed by atoms with Gasteiger partial charge in [-0.15, -0.1) is 0 Å². The molecule has 0 radical (unpaired) electrons. The highest BCUT2D eigenvalue weighted by atomic mass is 32.2. The van der Waals surface area contributed by atoms with Gasteiger partial charge in [-0.25, -0.2) is 8.42 Å². The highest BCUT2D eigenvalue weighted by molar-refractivity contribution is 7.89. The van der Waals surface area contributed by atoms with Gasteiger partial charge in [0.2, 0.25) is 21.7 Å². The van der Waals surface area contributed by atoms with E-state index in [1.807, 2.05) is 0 Å². The molecule has 8 nitrogen and oxygen atoms in total. The summed E-state index contributed by atoms with van der Waals surface area (Å²) in [5.41, 5.74) is 0.771. The highest BCUT2D eigenvalue weighted by Gasteiger charge is 2.24. The minimum atomic E-state index is -3.44. The molecule has 0 unspecified atom stereocenters. The van der Waals surface area contributed by atoms with Crippen LogP contribution in [-0.4, -0.2) is 36.0 Å². The Labute approximate surface area is 163 Å². The predicted octanol–water partition coefficient (Wildman–Crippen LogP) is 3.51. The van der Waals surface area contributed by atoms with Crippen LogP contribution in [0.2, 0.25) is 0 Å². The fraction of sp³-hybridized carbons (Fsp3) is 0.368. The second-order valence-corrected chi connectivity index (χ2v) is 8.62. The average molecular weight is 402 g/mol. The molecule has 1 N–H and O–H groups in total. The molecule has 9 heteroatoms. The molecule has 1 saturated heterocycles. The van der Waals surface area contributed by atoms with Gasteiger partial charge in [0.1, 0.15) is 0 Å². The smallest absolute Gasteiger partial charge is 0.246 e. The third-order valence-electron chi connectivity index (χ3n) is 4.71. The summed E-state index contributed by atoms with van der Waals surface area (Å²) in [6.07, 6.45) is 5.56. The molecule has 28 heavy (non-hydrogen) atoms. The van der Waals surface area contributed by atoms with Crippen LogP contribution in [0.1, 0.15) is 31.6 Å². The number of sulfonamides is 1. The molecule has 0 aliphatic carbocycles. The van der Waals surface area contributed by atoms with Crippen molar-refractivity contribution in [2.24, 2.45) is 0 Å². The maximum Gasteiger partial charge on any atom is 0.246 e. The van der Waals surface area contributed by atoms with Crippen molar-refractivity contribution < 1.29 is 17.4 Å². The number of hydrogen-bond acceptors (Lipinski definition) is 7. The van der Waals surface area contributed by atoms with Gasteiger partial charge in [0, 0.05) is 18.8 Å². The molecule has 148 valence electrons. The Morgan fingerprint density at radius 2 is 1.79 bits per heavy atom. The standard InChI is InChI=1S/C19H22N4O4S/c24-28(25,23-11-3-1-2-4-12-23)16-9-7-15(8-10-16)20-14-18-21-19(22-27-18)17-6-5-13-26-17/h5-10,13,20H,1-4,11-12,14H2. The van der Waals surface area contributed by atoms with Crippen LogP contribution >= 0.6 is 0 Å². The highest BCUT2D eigenvalue weighted by Crippen LogP contribution is 2.22. The first kappa shape index (κ1) is 18.7. The van der Waals surface area contributed by atoms with Gasteiger partial charge in [-0.2, -0.15) is 9.29 Å². The number of benzene rings is 1. The number of nitrogens with zero attached hydrogens (tertiary/aromatic N) is 3. The zero-order chi connectivity index (χ0) is 19.4. The third-order valence-corrected chi connectivity index (χ3v) is 6.62. The van der Waals surface area contributed by atoms with Crippen molar-refractivity contribution in [2.75, 3.05) is 18.4 Å². The number of aromatic nitrogens is 2. The second kappa shape index (κ2) is 8.15. The van der Waals surface area contributed by atoms with Gasteiger partial charge < -0.3 is 14.3 Å². The van der Waals surface area contributed by atoms with Crippen molar-refractivity contribution in [2.45, 2.75) is 37.1 Å². The summed E-state index contributed by atoms with van der Waals surface area (Å²) in [6.45, 7) is 1.51. The molecule has 1 aliphatic rings. The average Bonchev–Trinajstić information content (AvgIpc) is 3.32. The zero-order valence-electron chi connectivity index (χ0n) is 15.4. The van der Waals surface area contributed by atoms with Crippen LogP contribution in [0.15, 0.2) is 56.5 Å². The molecular formula is C19H22N4O4S. The third kappa shape index (κ3) is 4.10. The quantitative estimate of drug-likeness (QED) is 0.673. The van der Waals surface area contributed by atoms with E-state index in [1.54, 1.807) is 47.0 Å². The first-order valence-corrected chi connectivity index (χ1v) is 10.8. The number of nitrogens with one attached hydrogen (secondary N) is 1. The van der Waals surface area contributed by atoms with Crippen LogP contribution in [-0.2, 0) is 16.6 Å². The summed E-state index contributed by atoms with van der Waals surface area (Å²) in [5, 5.41) is 7.02. The first-order chi connectivity index (χ1) is 13.6. The maximum absolute atomic E-state index is 12.8. The van der Waals surface area contributed by atoms with E-state index in [9.17, 15) is 8.42 Å². The Hall–Kier alpha value is -2.65. The first-order valence-electron chi connectivity index (χ1n) is 9.33. The monoisotopic (exact) mass is 402 g/mol. The van der Waals surface area contributed by atoms with Gasteiger partial charge in [-0.05, 0) is 49.2 Å². The lowest BCUT2D eigenvalue weighted by Gasteiger charge is -2.20. The topological polar surface area (TPSA) is 101 Å². The van der Waals surface area contributed by atoms with Crippen molar-refractivity contribution in [3.8, 4) is 11.6 Å². The summed E-state index contributed by atoms with van der Waals surface area (Å²) < 4.78 is 37.6. The Morgan fingerprint density at radius 1 is 1.04 bits per heavy atom. The van der Waals surface area contributed by atoms with E-state index < -0.39 is 10.0 Å². The van der Waals surface area contributed by atoms with Crippen LogP contribution in [0, 0.1) is 0 Å². The summed E-state index contributed by atoms with van der Waals surface area (Å²) >= 11 is 0. The fourth-order valence-electron chi connectivity index (χ4n) is 3.19. The van der Waals surface area contributed by atoms with E-state index in [0.717, 1.165) is 31.4 Å². The lowest BCUT2D eigenvalue weighted by atomic mass is 10.2. The number of hydrogen-bond donors (Lipinski definition) is 1. The number of anilines is 1. The summed E-state index contributed by atoms with van der Waals surface area (Å²) in [5.74, 6) is 1.34. The molecule has 1 aromatic carbocycles. The van der Waals surface area contributed by atoms with Crippen molar-refractivity contribution in [1.29, 1.82) is 0 Å². The lowest BCUT2D eigenvalue weighted by molar-refractivity contribution is 0.382. The van der Waals surface area contributed by atoms with Gasteiger partial charge in [0.05, 0.1) is 17.7 Å². The normalized spacial score (nSPS) is 16.0. The van der Waals surface area contributed by atoms with Gasteiger partial charge >= 0.3 is 0 Å². The molecule has 0 saturated carbocycles. The maximum atomic E-state index is 12.8. The molecule has 4 rings (SSSR count). The molecule has 3 heterocycles.